The van der Waals surface area contributed by atoms with Gasteiger partial charge in [0.1, 0.15) is 17.8 Å². The number of likely N-dealkylation sites (tertiary alicyclic amines) is 1. The van der Waals surface area contributed by atoms with Gasteiger partial charge in [-0.05, 0) is 62.1 Å². The number of nitriles is 1. The number of benzene rings is 1. The number of fused-ring (bicyclic) bond motifs is 2. The molecule has 3 aliphatic rings. The van der Waals surface area contributed by atoms with Gasteiger partial charge in [-0.3, -0.25) is 14.4 Å². The van der Waals surface area contributed by atoms with Crippen LogP contribution in [0, 0.1) is 29.1 Å². The molecule has 3 N–H and O–H groups in total. The number of halogens is 2. The fraction of sp³-hybridized carbons (Fsp3) is 0.520. The van der Waals surface area contributed by atoms with Gasteiger partial charge in [0.25, 0.3) is 5.91 Å². The Morgan fingerprint density at radius 3 is 2.74 bits per heavy atom. The molecular weight excluding hydrogens is 489 g/mol. The first kappa shape index (κ1) is 24.0. The molecule has 2 aliphatic heterocycles. The summed E-state index contributed by atoms with van der Waals surface area (Å²) in [4.78, 5) is 43.6. The number of nitrogens with zero attached hydrogens (tertiary/aromatic N) is 2. The number of aromatic nitrogens is 1. The Morgan fingerprint density at radius 2 is 2.03 bits per heavy atom. The molecule has 1 saturated carbocycles. The molecule has 0 unspecified atom stereocenters. The average molecular weight is 516 g/mol. The minimum absolute atomic E-state index is 0.00733. The highest BCUT2D eigenvalue weighted by atomic mass is 35.5. The van der Waals surface area contributed by atoms with Gasteiger partial charge in [0.05, 0.1) is 21.6 Å². The molecule has 184 valence electrons. The predicted octanol–water partition coefficient (Wildman–Crippen LogP) is 3.64. The molecule has 35 heavy (non-hydrogen) atoms. The van der Waals surface area contributed by atoms with E-state index >= 15 is 0 Å². The van der Waals surface area contributed by atoms with E-state index in [9.17, 15) is 19.6 Å². The van der Waals surface area contributed by atoms with Crippen LogP contribution < -0.4 is 10.6 Å². The lowest BCUT2D eigenvalue weighted by atomic mass is 9.93. The Hall–Kier alpha value is -2.76. The van der Waals surface area contributed by atoms with Crippen molar-refractivity contribution in [3.05, 3.63) is 33.9 Å². The van der Waals surface area contributed by atoms with Crippen LogP contribution in [0.25, 0.3) is 10.9 Å². The number of hydrogen-bond acceptors (Lipinski definition) is 4. The van der Waals surface area contributed by atoms with E-state index in [1.54, 1.807) is 23.1 Å². The van der Waals surface area contributed by atoms with Gasteiger partial charge in [0, 0.05) is 24.4 Å². The number of hydrogen-bond donors (Lipinski definition) is 3. The van der Waals surface area contributed by atoms with Gasteiger partial charge < -0.3 is 20.5 Å². The van der Waals surface area contributed by atoms with E-state index < -0.39 is 12.1 Å². The lowest BCUT2D eigenvalue weighted by molar-refractivity contribution is -0.126. The van der Waals surface area contributed by atoms with E-state index in [1.807, 2.05) is 0 Å². The number of aromatic amines is 1. The number of nitrogens with one attached hydrogen (secondary N) is 3. The number of carbonyl (C=O) groups is 3. The average Bonchev–Trinajstić information content (AvgIpc) is 3.62. The fourth-order valence-corrected chi connectivity index (χ4v) is 6.41. The van der Waals surface area contributed by atoms with E-state index in [0.29, 0.717) is 52.6 Å². The van der Waals surface area contributed by atoms with Gasteiger partial charge >= 0.3 is 0 Å². The van der Waals surface area contributed by atoms with Crippen LogP contribution >= 0.6 is 23.2 Å². The maximum atomic E-state index is 13.6. The van der Waals surface area contributed by atoms with Crippen molar-refractivity contribution in [2.45, 2.75) is 50.6 Å². The largest absolute Gasteiger partial charge is 0.356 e. The normalized spacial score (nSPS) is 26.4. The quantitative estimate of drug-likeness (QED) is 0.543. The number of rotatable bonds is 6. The van der Waals surface area contributed by atoms with Gasteiger partial charge in [-0.1, -0.05) is 29.6 Å². The number of amides is 3. The van der Waals surface area contributed by atoms with Crippen molar-refractivity contribution in [3.63, 3.8) is 0 Å². The van der Waals surface area contributed by atoms with Crippen molar-refractivity contribution in [1.29, 1.82) is 5.26 Å². The molecule has 2 aromatic rings. The monoisotopic (exact) mass is 515 g/mol. The highest BCUT2D eigenvalue weighted by molar-refractivity contribution is 6.40. The molecule has 0 radical (unpaired) electrons. The lowest BCUT2D eigenvalue weighted by Gasteiger charge is -2.27. The van der Waals surface area contributed by atoms with Gasteiger partial charge in [0.2, 0.25) is 11.8 Å². The summed E-state index contributed by atoms with van der Waals surface area (Å²) in [6, 6.07) is 5.84. The van der Waals surface area contributed by atoms with Gasteiger partial charge in [-0.25, -0.2) is 0 Å². The maximum Gasteiger partial charge on any atom is 0.271 e. The number of carbonyl (C=O) groups excluding carboxylic acids is 3. The molecule has 5 atom stereocenters. The van der Waals surface area contributed by atoms with E-state index in [4.69, 9.17) is 23.2 Å². The van der Waals surface area contributed by atoms with Crippen molar-refractivity contribution in [3.8, 4) is 6.07 Å². The molecule has 1 aromatic carbocycles. The topological polar surface area (TPSA) is 118 Å². The third-order valence-electron chi connectivity index (χ3n) is 7.78. The summed E-state index contributed by atoms with van der Waals surface area (Å²) in [7, 11) is 0. The molecule has 1 aromatic heterocycles. The molecule has 5 rings (SSSR count). The highest BCUT2D eigenvalue weighted by Gasteiger charge is 2.50. The smallest absolute Gasteiger partial charge is 0.271 e. The molecule has 2 saturated heterocycles. The molecule has 1 aliphatic carbocycles. The zero-order valence-corrected chi connectivity index (χ0v) is 20.7. The molecule has 3 heterocycles. The standard InChI is InChI=1S/C25H27Cl2N5O3/c26-18-6-7-19(27)21-17(18)10-20(31-21)25(35)32-12-14-2-1-3-16(14)22(32)24(34)30-15(11-28)5-4-13-8-9-29-23(13)33/h6-7,10,13-16,22,31H,1-5,8-9,12H2,(H,29,33)(H,30,34)/t13-,14+,15+,16+,22+/m1/s1. The zero-order chi connectivity index (χ0) is 24.7. The highest BCUT2D eigenvalue weighted by Crippen LogP contribution is 2.43. The Labute approximate surface area is 213 Å². The third kappa shape index (κ3) is 4.48. The summed E-state index contributed by atoms with van der Waals surface area (Å²) in [6.07, 6.45) is 4.56. The van der Waals surface area contributed by atoms with Gasteiger partial charge in [-0.2, -0.15) is 5.26 Å². The van der Waals surface area contributed by atoms with Crippen LogP contribution in [-0.2, 0) is 9.59 Å². The van der Waals surface area contributed by atoms with Crippen LogP contribution in [0.5, 0.6) is 0 Å². The Morgan fingerprint density at radius 1 is 1.23 bits per heavy atom. The molecule has 0 spiro atoms. The number of H-pyrrole nitrogens is 1. The van der Waals surface area contributed by atoms with Crippen molar-refractivity contribution in [1.82, 2.24) is 20.5 Å². The van der Waals surface area contributed by atoms with Crippen LogP contribution in [0.15, 0.2) is 18.2 Å². The summed E-state index contributed by atoms with van der Waals surface area (Å²) in [6.45, 7) is 1.15. The van der Waals surface area contributed by atoms with Crippen LogP contribution in [0.4, 0.5) is 0 Å². The summed E-state index contributed by atoms with van der Waals surface area (Å²) in [5, 5.41) is 16.9. The predicted molar refractivity (Wildman–Crippen MR) is 132 cm³/mol. The summed E-state index contributed by atoms with van der Waals surface area (Å²) in [5.74, 6) is -0.370. The van der Waals surface area contributed by atoms with Crippen molar-refractivity contribution < 1.29 is 14.4 Å². The molecule has 3 fully saturated rings. The minimum atomic E-state index is -0.709. The van der Waals surface area contributed by atoms with E-state index in [1.165, 1.54) is 0 Å². The second-order valence-corrected chi connectivity index (χ2v) is 10.6. The van der Waals surface area contributed by atoms with Crippen molar-refractivity contribution in [2.24, 2.45) is 17.8 Å². The first-order valence-electron chi connectivity index (χ1n) is 12.1. The van der Waals surface area contributed by atoms with Gasteiger partial charge in [0.15, 0.2) is 0 Å². The van der Waals surface area contributed by atoms with E-state index in [2.05, 4.69) is 21.7 Å². The SMILES string of the molecule is N#C[C@H](CC[C@@H]1CCNC1=O)NC(=O)[C@@H]1[C@H]2CCC[C@H]2CN1C(=O)c1cc2c(Cl)ccc(Cl)c2[nH]1. The second-order valence-electron chi connectivity index (χ2n) is 9.80. The molecule has 10 heteroatoms. The van der Waals surface area contributed by atoms with Crippen LogP contribution in [0.3, 0.4) is 0 Å². The summed E-state index contributed by atoms with van der Waals surface area (Å²) >= 11 is 12.6. The van der Waals surface area contributed by atoms with Crippen molar-refractivity contribution in [2.75, 3.05) is 13.1 Å². The fourth-order valence-electron chi connectivity index (χ4n) is 5.99. The van der Waals surface area contributed by atoms with Crippen LogP contribution in [-0.4, -0.2) is 52.8 Å². The molecular formula is C25H27Cl2N5O3. The first-order valence-corrected chi connectivity index (χ1v) is 12.9. The summed E-state index contributed by atoms with van der Waals surface area (Å²) < 4.78 is 0. The Balaban J connectivity index is 1.34. The van der Waals surface area contributed by atoms with E-state index in [-0.39, 0.29) is 35.5 Å². The van der Waals surface area contributed by atoms with Crippen molar-refractivity contribution >= 4 is 51.8 Å². The summed E-state index contributed by atoms with van der Waals surface area (Å²) in [5.41, 5.74) is 0.917. The Kier molecular flexibility index (Phi) is 6.65. The maximum absolute atomic E-state index is 13.6. The van der Waals surface area contributed by atoms with Crippen LogP contribution in [0.1, 0.15) is 49.0 Å². The first-order chi connectivity index (χ1) is 16.9. The second kappa shape index (κ2) is 9.71. The molecule has 0 bridgehead atoms. The Bertz CT molecular complexity index is 1180. The zero-order valence-electron chi connectivity index (χ0n) is 19.2. The molecule has 3 amide bonds. The third-order valence-corrected chi connectivity index (χ3v) is 8.42. The lowest BCUT2D eigenvalue weighted by Crippen LogP contribution is -2.51. The minimum Gasteiger partial charge on any atom is -0.356 e. The molecule has 8 nitrogen and oxygen atoms in total. The van der Waals surface area contributed by atoms with E-state index in [0.717, 1.165) is 25.7 Å². The van der Waals surface area contributed by atoms with Crippen LogP contribution in [0.2, 0.25) is 10.0 Å². The van der Waals surface area contributed by atoms with Gasteiger partial charge in [-0.15, -0.1) is 0 Å².